The molecule has 3 heterocycles. The van der Waals surface area contributed by atoms with E-state index in [1.165, 1.54) is 11.8 Å². The average Bonchev–Trinajstić information content (AvgIpc) is 2.85. The Bertz CT molecular complexity index is 1330. The molecule has 3 aromatic rings. The van der Waals surface area contributed by atoms with Gasteiger partial charge in [0.1, 0.15) is 9.57 Å². The number of anilines is 1. The minimum Gasteiger partial charge on any atom is -0.356 e. The third kappa shape index (κ3) is 5.17. The highest BCUT2D eigenvalue weighted by Crippen LogP contribution is 2.39. The second-order valence-corrected chi connectivity index (χ2v) is 11.4. The quantitative estimate of drug-likeness (QED) is 0.449. The van der Waals surface area contributed by atoms with Gasteiger partial charge < -0.3 is 14.8 Å². The van der Waals surface area contributed by atoms with Crippen LogP contribution in [0.5, 0.6) is 0 Å². The van der Waals surface area contributed by atoms with Crippen LogP contribution in [-0.4, -0.2) is 32.8 Å². The number of piperidine rings is 1. The van der Waals surface area contributed by atoms with Crippen LogP contribution in [-0.2, 0) is 11.3 Å². The number of thiocarbonyl (C=S) groups is 1. The van der Waals surface area contributed by atoms with Crippen molar-refractivity contribution in [1.82, 2.24) is 9.47 Å². The Morgan fingerprint density at radius 1 is 1.09 bits per heavy atom. The van der Waals surface area contributed by atoms with Crippen molar-refractivity contribution >= 4 is 51.5 Å². The molecule has 3 atom stereocenters. The number of nitrogens with zero attached hydrogens (tertiary/aromatic N) is 2. The minimum absolute atomic E-state index is 0.0691. The molecule has 2 bridgehead atoms. The Morgan fingerprint density at radius 3 is 2.66 bits per heavy atom. The Balaban J connectivity index is 1.35. The van der Waals surface area contributed by atoms with Crippen molar-refractivity contribution in [2.75, 3.05) is 18.4 Å². The zero-order valence-corrected chi connectivity index (χ0v) is 21.7. The van der Waals surface area contributed by atoms with E-state index in [0.29, 0.717) is 27.5 Å². The Morgan fingerprint density at radius 2 is 1.89 bits per heavy atom. The molecule has 35 heavy (non-hydrogen) atoms. The summed E-state index contributed by atoms with van der Waals surface area (Å²) in [6, 6.07) is 20.8. The molecule has 1 saturated heterocycles. The summed E-state index contributed by atoms with van der Waals surface area (Å²) in [7, 11) is 0. The smallest absolute Gasteiger partial charge is 0.250 e. The molecule has 0 unspecified atom stereocenters. The molecule has 0 radical (unpaired) electrons. The van der Waals surface area contributed by atoms with Gasteiger partial charge in [0, 0.05) is 48.0 Å². The summed E-state index contributed by atoms with van der Waals surface area (Å²) in [5.74, 6) is 0.477. The van der Waals surface area contributed by atoms with Crippen molar-refractivity contribution in [1.29, 1.82) is 0 Å². The summed E-state index contributed by atoms with van der Waals surface area (Å²) >= 11 is 13.6. The molecular formula is C27H26ClN3O2S2. The van der Waals surface area contributed by atoms with Crippen molar-refractivity contribution in [2.45, 2.75) is 31.1 Å². The van der Waals surface area contributed by atoms with E-state index in [0.717, 1.165) is 36.3 Å². The van der Waals surface area contributed by atoms with Crippen LogP contribution in [0.4, 0.5) is 5.69 Å². The van der Waals surface area contributed by atoms with Gasteiger partial charge in [-0.1, -0.05) is 78.0 Å². The highest BCUT2D eigenvalue weighted by Gasteiger charge is 2.36. The number of fused-ring (bicyclic) bond motifs is 4. The lowest BCUT2D eigenvalue weighted by Gasteiger charge is -2.43. The Kier molecular flexibility index (Phi) is 7.00. The molecule has 180 valence electrons. The molecule has 5 nitrogen and oxygen atoms in total. The van der Waals surface area contributed by atoms with Crippen molar-refractivity contribution in [2.24, 2.45) is 5.92 Å². The van der Waals surface area contributed by atoms with Crippen LogP contribution in [0.1, 0.15) is 34.4 Å². The van der Waals surface area contributed by atoms with Gasteiger partial charge in [0.05, 0.1) is 0 Å². The van der Waals surface area contributed by atoms with Crippen LogP contribution in [0.15, 0.2) is 71.5 Å². The van der Waals surface area contributed by atoms with E-state index in [2.05, 4.69) is 16.3 Å². The number of rotatable bonds is 4. The third-order valence-electron chi connectivity index (χ3n) is 6.74. The van der Waals surface area contributed by atoms with Gasteiger partial charge in [-0.3, -0.25) is 9.59 Å². The summed E-state index contributed by atoms with van der Waals surface area (Å²) < 4.78 is 2.62. The molecule has 8 heteroatoms. The summed E-state index contributed by atoms with van der Waals surface area (Å²) in [5, 5.41) is 3.13. The van der Waals surface area contributed by atoms with E-state index < -0.39 is 5.25 Å². The number of aromatic nitrogens is 1. The topological polar surface area (TPSA) is 54.3 Å². The molecule has 2 aliphatic heterocycles. The first-order valence-electron chi connectivity index (χ1n) is 11.7. The molecule has 0 saturated carbocycles. The van der Waals surface area contributed by atoms with Crippen molar-refractivity contribution in [3.8, 4) is 0 Å². The minimum atomic E-state index is -0.500. The van der Waals surface area contributed by atoms with Crippen LogP contribution < -0.4 is 10.9 Å². The summed E-state index contributed by atoms with van der Waals surface area (Å²) in [4.78, 5) is 28.0. The number of benzene rings is 2. The average molecular weight is 524 g/mol. The fourth-order valence-corrected chi connectivity index (χ4v) is 6.58. The molecular weight excluding hydrogens is 498 g/mol. The summed E-state index contributed by atoms with van der Waals surface area (Å²) in [6.45, 7) is 4.19. The van der Waals surface area contributed by atoms with Crippen LogP contribution in [0.2, 0.25) is 5.02 Å². The predicted octanol–water partition coefficient (Wildman–Crippen LogP) is 5.63. The van der Waals surface area contributed by atoms with Gasteiger partial charge in [0.25, 0.3) is 5.56 Å². The molecule has 0 spiro atoms. The lowest BCUT2D eigenvalue weighted by Crippen LogP contribution is -2.48. The molecule has 0 aliphatic carbocycles. The second kappa shape index (κ2) is 10.2. The van der Waals surface area contributed by atoms with Gasteiger partial charge in [0.15, 0.2) is 0 Å². The number of pyridine rings is 1. The summed E-state index contributed by atoms with van der Waals surface area (Å²) in [6.07, 6.45) is 1.06. The van der Waals surface area contributed by atoms with Crippen LogP contribution >= 0.6 is 35.6 Å². The predicted molar refractivity (Wildman–Crippen MR) is 147 cm³/mol. The van der Waals surface area contributed by atoms with E-state index >= 15 is 0 Å². The number of thioether (sulfide) groups is 1. The standard InChI is InChI=1S/C27H26ClN3O2S2/c1-17-10-11-21(13-22(17)28)29-26(33)25(19-6-3-2-4-7-19)35-27(34)30-14-18-12-20(16-30)23-8-5-9-24(32)31(23)15-18/h2-11,13,18,20,25H,12,14-16H2,1H3,(H,29,33)/t18-,20-,25+/m0/s1. The molecule has 1 amide bonds. The number of hydrogen-bond acceptors (Lipinski definition) is 4. The monoisotopic (exact) mass is 523 g/mol. The number of carbonyl (C=O) groups is 1. The Labute approximate surface area is 219 Å². The van der Waals surface area contributed by atoms with Gasteiger partial charge in [-0.05, 0) is 48.6 Å². The number of aryl methyl sites for hydroxylation is 1. The van der Waals surface area contributed by atoms with Crippen molar-refractivity contribution < 1.29 is 4.79 Å². The number of nitrogens with one attached hydrogen (secondary N) is 1. The molecule has 1 fully saturated rings. The number of amides is 1. The largest absolute Gasteiger partial charge is 0.356 e. The van der Waals surface area contributed by atoms with Crippen LogP contribution in [0.3, 0.4) is 0 Å². The summed E-state index contributed by atoms with van der Waals surface area (Å²) in [5.41, 5.74) is 3.66. The zero-order valence-electron chi connectivity index (χ0n) is 19.3. The van der Waals surface area contributed by atoms with E-state index in [4.69, 9.17) is 23.8 Å². The van der Waals surface area contributed by atoms with E-state index in [1.54, 1.807) is 12.1 Å². The van der Waals surface area contributed by atoms with Gasteiger partial charge >= 0.3 is 0 Å². The van der Waals surface area contributed by atoms with Gasteiger partial charge in [-0.25, -0.2) is 0 Å². The third-order valence-corrected chi connectivity index (χ3v) is 8.87. The zero-order chi connectivity index (χ0) is 24.5. The van der Waals surface area contributed by atoms with Crippen LogP contribution in [0.25, 0.3) is 0 Å². The lowest BCUT2D eigenvalue weighted by atomic mass is 9.83. The fraction of sp³-hybridized carbons (Fsp3) is 0.296. The van der Waals surface area contributed by atoms with Crippen LogP contribution in [0, 0.1) is 12.8 Å². The molecule has 1 N–H and O–H groups in total. The number of carbonyl (C=O) groups excluding carboxylic acids is 1. The number of hydrogen-bond donors (Lipinski definition) is 1. The van der Waals surface area contributed by atoms with Crippen molar-refractivity contribution in [3.05, 3.63) is 98.9 Å². The first-order valence-corrected chi connectivity index (χ1v) is 13.3. The van der Waals surface area contributed by atoms with Crippen molar-refractivity contribution in [3.63, 3.8) is 0 Å². The lowest BCUT2D eigenvalue weighted by molar-refractivity contribution is -0.115. The maximum Gasteiger partial charge on any atom is 0.250 e. The Hall–Kier alpha value is -2.61. The molecule has 2 aliphatic rings. The highest BCUT2D eigenvalue weighted by atomic mass is 35.5. The normalized spacial score (nSPS) is 19.5. The first kappa shape index (κ1) is 24.1. The van der Waals surface area contributed by atoms with Gasteiger partial charge in [-0.2, -0.15) is 0 Å². The van der Waals surface area contributed by atoms with E-state index in [-0.39, 0.29) is 17.4 Å². The SMILES string of the molecule is Cc1ccc(NC(=O)[C@H](SC(=S)N2C[C@@H]3C[C@@H](C2)c2cccc(=O)n2C3)c2ccccc2)cc1Cl. The van der Waals surface area contributed by atoms with E-state index in [9.17, 15) is 9.59 Å². The van der Waals surface area contributed by atoms with Gasteiger partial charge in [-0.15, -0.1) is 0 Å². The second-order valence-electron chi connectivity index (χ2n) is 9.23. The maximum absolute atomic E-state index is 13.4. The maximum atomic E-state index is 13.4. The first-order chi connectivity index (χ1) is 16.9. The number of likely N-dealkylation sites (tertiary alicyclic amines) is 1. The molecule has 5 rings (SSSR count). The highest BCUT2D eigenvalue weighted by molar-refractivity contribution is 8.23. The number of halogens is 1. The van der Waals surface area contributed by atoms with Gasteiger partial charge in [0.2, 0.25) is 5.91 Å². The molecule has 1 aromatic heterocycles. The van der Waals surface area contributed by atoms with E-state index in [1.807, 2.05) is 60.0 Å². The molecule has 2 aromatic carbocycles. The fourth-order valence-electron chi connectivity index (χ4n) is 5.00.